The van der Waals surface area contributed by atoms with E-state index in [1.165, 1.54) is 0 Å². The number of alkyl carbamates (subject to hydrolysis) is 1. The molecule has 0 saturated carbocycles. The van der Waals surface area contributed by atoms with Gasteiger partial charge >= 0.3 is 6.09 Å². The van der Waals surface area contributed by atoms with Gasteiger partial charge in [-0.1, -0.05) is 50.2 Å². The van der Waals surface area contributed by atoms with Gasteiger partial charge in [0.15, 0.2) is 0 Å². The zero-order valence-corrected chi connectivity index (χ0v) is 22.6. The third kappa shape index (κ3) is 8.58. The zero-order valence-electron chi connectivity index (χ0n) is 22.6. The average Bonchev–Trinajstić information content (AvgIpc) is 3.33. The molecule has 2 aromatic rings. The van der Waals surface area contributed by atoms with E-state index in [1.807, 2.05) is 62.4 Å². The molecular formula is C29H40N4O4. The van der Waals surface area contributed by atoms with Crippen molar-refractivity contribution in [3.63, 3.8) is 0 Å². The standard InChI is InChI=1S/C29H40N4O4/c1-20(2)18-24(32-28(36)37-29(3,4)5)27(35)33-17-11-15-25(33)26(34)31-23(21-12-7-6-8-13-21)19-22-14-9-10-16-30-22/h6-10,12-14,16,20,23-25H,11,15,17-19H2,1-5H3,(H,31,34)(H,32,36)/t23-,24-,25-/m0/s1. The van der Waals surface area contributed by atoms with E-state index in [0.29, 0.717) is 25.8 Å². The first kappa shape index (κ1) is 28.2. The van der Waals surface area contributed by atoms with Gasteiger partial charge in [-0.25, -0.2) is 4.79 Å². The van der Waals surface area contributed by atoms with Crippen LogP contribution in [0.25, 0.3) is 0 Å². The molecule has 2 heterocycles. The number of nitrogens with zero attached hydrogens (tertiary/aromatic N) is 2. The van der Waals surface area contributed by atoms with Crippen LogP contribution in [-0.4, -0.2) is 52.0 Å². The summed E-state index contributed by atoms with van der Waals surface area (Å²) in [6, 6.07) is 13.9. The van der Waals surface area contributed by atoms with E-state index in [9.17, 15) is 14.4 Å². The predicted octanol–water partition coefficient (Wildman–Crippen LogP) is 4.41. The second-order valence-corrected chi connectivity index (χ2v) is 11.0. The molecule has 1 fully saturated rings. The lowest BCUT2D eigenvalue weighted by molar-refractivity contribution is -0.140. The quantitative estimate of drug-likeness (QED) is 0.523. The largest absolute Gasteiger partial charge is 0.444 e. The van der Waals surface area contributed by atoms with E-state index < -0.39 is 23.8 Å². The van der Waals surface area contributed by atoms with Crippen molar-refractivity contribution in [2.45, 2.75) is 84.0 Å². The Hall–Kier alpha value is -3.42. The maximum Gasteiger partial charge on any atom is 0.408 e. The van der Waals surface area contributed by atoms with Crippen molar-refractivity contribution in [3.8, 4) is 0 Å². The maximum atomic E-state index is 13.6. The van der Waals surface area contributed by atoms with Crippen molar-refractivity contribution >= 4 is 17.9 Å². The SMILES string of the molecule is CC(C)C[C@H](NC(=O)OC(C)(C)C)C(=O)N1CCC[C@H]1C(=O)N[C@@H](Cc1ccccn1)c1ccccc1. The van der Waals surface area contributed by atoms with Crippen LogP contribution in [0.3, 0.4) is 0 Å². The fraction of sp³-hybridized carbons (Fsp3) is 0.517. The number of nitrogens with one attached hydrogen (secondary N) is 2. The molecule has 1 aromatic heterocycles. The van der Waals surface area contributed by atoms with Crippen LogP contribution in [0.15, 0.2) is 54.7 Å². The molecule has 1 aliphatic rings. The summed E-state index contributed by atoms with van der Waals surface area (Å²) < 4.78 is 5.39. The molecule has 8 nitrogen and oxygen atoms in total. The van der Waals surface area contributed by atoms with Crippen molar-refractivity contribution in [1.82, 2.24) is 20.5 Å². The molecule has 0 aliphatic carbocycles. The van der Waals surface area contributed by atoms with Crippen LogP contribution < -0.4 is 10.6 Å². The highest BCUT2D eigenvalue weighted by Crippen LogP contribution is 2.23. The Morgan fingerprint density at radius 1 is 1.05 bits per heavy atom. The highest BCUT2D eigenvalue weighted by molar-refractivity contribution is 5.92. The molecule has 0 spiro atoms. The fourth-order valence-electron chi connectivity index (χ4n) is 4.58. The van der Waals surface area contributed by atoms with Gasteiger partial charge in [-0.2, -0.15) is 0 Å². The van der Waals surface area contributed by atoms with Gasteiger partial charge in [0.2, 0.25) is 11.8 Å². The van der Waals surface area contributed by atoms with Gasteiger partial charge in [0.05, 0.1) is 6.04 Å². The molecule has 3 rings (SSSR count). The average molecular weight is 509 g/mol. The van der Waals surface area contributed by atoms with Crippen LogP contribution in [0.4, 0.5) is 4.79 Å². The van der Waals surface area contributed by atoms with Gasteiger partial charge in [0, 0.05) is 24.9 Å². The minimum atomic E-state index is -0.762. The number of hydrogen-bond acceptors (Lipinski definition) is 5. The molecule has 3 atom stereocenters. The van der Waals surface area contributed by atoms with Crippen molar-refractivity contribution in [1.29, 1.82) is 0 Å². The van der Waals surface area contributed by atoms with Crippen molar-refractivity contribution in [2.24, 2.45) is 5.92 Å². The van der Waals surface area contributed by atoms with Crippen LogP contribution in [0.1, 0.15) is 71.2 Å². The molecule has 8 heteroatoms. The molecule has 2 N–H and O–H groups in total. The van der Waals surface area contributed by atoms with Gasteiger partial charge in [-0.3, -0.25) is 14.6 Å². The Bertz CT molecular complexity index is 1040. The molecule has 0 bridgehead atoms. The molecule has 200 valence electrons. The van der Waals surface area contributed by atoms with Crippen molar-refractivity contribution < 1.29 is 19.1 Å². The molecule has 3 amide bonds. The van der Waals surface area contributed by atoms with E-state index in [4.69, 9.17) is 4.74 Å². The normalized spacial score (nSPS) is 17.2. The number of likely N-dealkylation sites (tertiary alicyclic amines) is 1. The Morgan fingerprint density at radius 2 is 1.76 bits per heavy atom. The Kier molecular flexibility index (Phi) is 9.66. The second kappa shape index (κ2) is 12.7. The lowest BCUT2D eigenvalue weighted by Crippen LogP contribution is -2.54. The Balaban J connectivity index is 1.75. The van der Waals surface area contributed by atoms with Gasteiger partial charge in [0.1, 0.15) is 17.7 Å². The Morgan fingerprint density at radius 3 is 2.38 bits per heavy atom. The first-order valence-electron chi connectivity index (χ1n) is 13.1. The van der Waals surface area contributed by atoms with Gasteiger partial charge in [0.25, 0.3) is 0 Å². The minimum Gasteiger partial charge on any atom is -0.444 e. The summed E-state index contributed by atoms with van der Waals surface area (Å²) in [6.07, 6.45) is 3.39. The lowest BCUT2D eigenvalue weighted by atomic mass is 10.0. The topological polar surface area (TPSA) is 101 Å². The number of aromatic nitrogens is 1. The van der Waals surface area contributed by atoms with E-state index in [0.717, 1.165) is 17.7 Å². The number of hydrogen-bond donors (Lipinski definition) is 2. The summed E-state index contributed by atoms with van der Waals surface area (Å²) in [7, 11) is 0. The second-order valence-electron chi connectivity index (χ2n) is 11.0. The molecule has 1 aromatic carbocycles. The predicted molar refractivity (Wildman–Crippen MR) is 143 cm³/mol. The number of ether oxygens (including phenoxy) is 1. The fourth-order valence-corrected chi connectivity index (χ4v) is 4.58. The van der Waals surface area contributed by atoms with Crippen molar-refractivity contribution in [2.75, 3.05) is 6.54 Å². The number of carbonyl (C=O) groups excluding carboxylic acids is 3. The monoisotopic (exact) mass is 508 g/mol. The smallest absolute Gasteiger partial charge is 0.408 e. The van der Waals surface area contributed by atoms with Crippen LogP contribution in [-0.2, 0) is 20.7 Å². The first-order chi connectivity index (χ1) is 17.5. The van der Waals surface area contributed by atoms with Gasteiger partial charge < -0.3 is 20.3 Å². The van der Waals surface area contributed by atoms with E-state index >= 15 is 0 Å². The van der Waals surface area contributed by atoms with E-state index in [2.05, 4.69) is 15.6 Å². The maximum absolute atomic E-state index is 13.6. The third-order valence-corrected chi connectivity index (χ3v) is 6.19. The number of benzene rings is 1. The molecule has 0 radical (unpaired) electrons. The summed E-state index contributed by atoms with van der Waals surface area (Å²) in [5.74, 6) is -0.283. The van der Waals surface area contributed by atoms with Gasteiger partial charge in [-0.15, -0.1) is 0 Å². The summed E-state index contributed by atoms with van der Waals surface area (Å²) in [6.45, 7) is 9.79. The van der Waals surface area contributed by atoms with Gasteiger partial charge in [-0.05, 0) is 63.6 Å². The molecular weight excluding hydrogens is 468 g/mol. The number of carbonyl (C=O) groups is 3. The van der Waals surface area contributed by atoms with Crippen LogP contribution in [0, 0.1) is 5.92 Å². The van der Waals surface area contributed by atoms with E-state index in [-0.39, 0.29) is 23.8 Å². The summed E-state index contributed by atoms with van der Waals surface area (Å²) in [4.78, 5) is 45.7. The third-order valence-electron chi connectivity index (χ3n) is 6.19. The first-order valence-corrected chi connectivity index (χ1v) is 13.1. The summed E-state index contributed by atoms with van der Waals surface area (Å²) >= 11 is 0. The van der Waals surface area contributed by atoms with E-state index in [1.54, 1.807) is 31.9 Å². The number of pyridine rings is 1. The zero-order chi connectivity index (χ0) is 27.0. The molecule has 0 unspecified atom stereocenters. The highest BCUT2D eigenvalue weighted by Gasteiger charge is 2.39. The lowest BCUT2D eigenvalue weighted by Gasteiger charge is -2.31. The summed E-state index contributed by atoms with van der Waals surface area (Å²) in [5.41, 5.74) is 1.17. The minimum absolute atomic E-state index is 0.166. The molecule has 37 heavy (non-hydrogen) atoms. The molecule has 1 saturated heterocycles. The molecule has 1 aliphatic heterocycles. The van der Waals surface area contributed by atoms with Crippen molar-refractivity contribution in [3.05, 3.63) is 66.0 Å². The number of rotatable bonds is 9. The van der Waals surface area contributed by atoms with Crippen LogP contribution in [0.2, 0.25) is 0 Å². The Labute approximate surface area is 220 Å². The van der Waals surface area contributed by atoms with Crippen LogP contribution >= 0.6 is 0 Å². The summed E-state index contributed by atoms with van der Waals surface area (Å²) in [5, 5.41) is 5.92. The van der Waals surface area contributed by atoms with Crippen LogP contribution in [0.5, 0.6) is 0 Å². The number of amides is 3. The highest BCUT2D eigenvalue weighted by atomic mass is 16.6.